The summed E-state index contributed by atoms with van der Waals surface area (Å²) in [7, 11) is 2.12. The van der Waals surface area contributed by atoms with Crippen molar-refractivity contribution in [2.45, 2.75) is 57.5 Å². The number of hydrogen-bond acceptors (Lipinski definition) is 2. The minimum absolute atomic E-state index is 0.00620. The van der Waals surface area contributed by atoms with Gasteiger partial charge in [0.2, 0.25) is 5.91 Å². The van der Waals surface area contributed by atoms with Crippen molar-refractivity contribution in [1.82, 2.24) is 4.90 Å². The fourth-order valence-electron chi connectivity index (χ4n) is 3.57. The Labute approximate surface area is 121 Å². The molecule has 1 unspecified atom stereocenters. The highest BCUT2D eigenvalue weighted by atomic mass is 16.2. The molecule has 1 aromatic carbocycles. The van der Waals surface area contributed by atoms with E-state index in [1.807, 2.05) is 0 Å². The van der Waals surface area contributed by atoms with Gasteiger partial charge >= 0.3 is 0 Å². The fourth-order valence-corrected chi connectivity index (χ4v) is 3.57. The first-order valence-electron chi connectivity index (χ1n) is 7.77. The molecule has 1 N–H and O–H groups in total. The summed E-state index contributed by atoms with van der Waals surface area (Å²) in [5, 5.41) is 3.09. The third kappa shape index (κ3) is 2.59. The molecular weight excluding hydrogens is 248 g/mol. The highest BCUT2D eigenvalue weighted by Crippen LogP contribution is 2.29. The van der Waals surface area contributed by atoms with Crippen LogP contribution < -0.4 is 5.32 Å². The highest BCUT2D eigenvalue weighted by molar-refractivity contribution is 5.98. The lowest BCUT2D eigenvalue weighted by atomic mass is 9.91. The van der Waals surface area contributed by atoms with Crippen LogP contribution in [-0.4, -0.2) is 29.9 Å². The van der Waals surface area contributed by atoms with Crippen LogP contribution in [0.25, 0.3) is 0 Å². The molecule has 0 radical (unpaired) electrons. The van der Waals surface area contributed by atoms with Gasteiger partial charge in [-0.25, -0.2) is 0 Å². The van der Waals surface area contributed by atoms with E-state index in [2.05, 4.69) is 42.4 Å². The minimum atomic E-state index is -0.00620. The number of amides is 1. The molecule has 1 aromatic rings. The van der Waals surface area contributed by atoms with Crippen LogP contribution in [0.15, 0.2) is 18.2 Å². The average Bonchev–Trinajstić information content (AvgIpc) is 2.46. The molecule has 1 atom stereocenters. The highest BCUT2D eigenvalue weighted by Gasteiger charge is 2.33. The molecule has 3 rings (SSSR count). The zero-order chi connectivity index (χ0) is 14.1. The van der Waals surface area contributed by atoms with Gasteiger partial charge in [-0.15, -0.1) is 0 Å². The van der Waals surface area contributed by atoms with Gasteiger partial charge in [0, 0.05) is 11.7 Å². The van der Waals surface area contributed by atoms with Crippen molar-refractivity contribution in [3.05, 3.63) is 29.3 Å². The largest absolute Gasteiger partial charge is 0.324 e. The first-order chi connectivity index (χ1) is 9.65. The van der Waals surface area contributed by atoms with Crippen molar-refractivity contribution in [1.29, 1.82) is 0 Å². The number of fused-ring (bicyclic) bond motifs is 1. The lowest BCUT2D eigenvalue weighted by Crippen LogP contribution is -2.50. The second-order valence-electron chi connectivity index (χ2n) is 6.33. The van der Waals surface area contributed by atoms with Gasteiger partial charge in [-0.05, 0) is 50.4 Å². The van der Waals surface area contributed by atoms with Gasteiger partial charge in [-0.3, -0.25) is 9.69 Å². The Morgan fingerprint density at radius 1 is 1.20 bits per heavy atom. The molecule has 108 valence electrons. The molecule has 3 heteroatoms. The van der Waals surface area contributed by atoms with Crippen LogP contribution in [0, 0.1) is 6.92 Å². The van der Waals surface area contributed by atoms with Gasteiger partial charge in [-0.1, -0.05) is 31.4 Å². The van der Waals surface area contributed by atoms with Crippen LogP contribution in [-0.2, 0) is 11.2 Å². The molecule has 0 saturated heterocycles. The summed E-state index contributed by atoms with van der Waals surface area (Å²) in [6.45, 7) is 2.06. The maximum atomic E-state index is 12.4. The number of anilines is 1. The van der Waals surface area contributed by atoms with E-state index in [1.54, 1.807) is 0 Å². The predicted octanol–water partition coefficient (Wildman–Crippen LogP) is 3.12. The molecule has 1 fully saturated rings. The maximum absolute atomic E-state index is 12.4. The lowest BCUT2D eigenvalue weighted by Gasteiger charge is -2.38. The Kier molecular flexibility index (Phi) is 3.79. The Hall–Kier alpha value is -1.35. The Bertz CT molecular complexity index is 506. The first kappa shape index (κ1) is 13.6. The van der Waals surface area contributed by atoms with E-state index < -0.39 is 0 Å². The van der Waals surface area contributed by atoms with Crippen LogP contribution in [0.2, 0.25) is 0 Å². The van der Waals surface area contributed by atoms with Crippen LogP contribution >= 0.6 is 0 Å². The number of nitrogens with zero attached hydrogens (tertiary/aromatic N) is 1. The lowest BCUT2D eigenvalue weighted by molar-refractivity contribution is -0.122. The predicted molar refractivity (Wildman–Crippen MR) is 81.9 cm³/mol. The van der Waals surface area contributed by atoms with Gasteiger partial charge in [0.1, 0.15) is 0 Å². The van der Waals surface area contributed by atoms with Crippen LogP contribution in [0.5, 0.6) is 0 Å². The molecule has 0 spiro atoms. The molecule has 1 aliphatic heterocycles. The maximum Gasteiger partial charge on any atom is 0.242 e. The van der Waals surface area contributed by atoms with E-state index in [4.69, 9.17) is 0 Å². The number of nitrogens with one attached hydrogen (secondary N) is 1. The summed E-state index contributed by atoms with van der Waals surface area (Å²) in [5.41, 5.74) is 3.47. The van der Waals surface area contributed by atoms with Crippen molar-refractivity contribution in [3.63, 3.8) is 0 Å². The zero-order valence-electron chi connectivity index (χ0n) is 12.5. The van der Waals surface area contributed by atoms with Crippen molar-refractivity contribution >= 4 is 11.6 Å². The van der Waals surface area contributed by atoms with E-state index in [0.717, 1.165) is 12.1 Å². The third-order valence-electron chi connectivity index (χ3n) is 4.88. The average molecular weight is 272 g/mol. The summed E-state index contributed by atoms with van der Waals surface area (Å²) in [6.07, 6.45) is 7.28. The van der Waals surface area contributed by atoms with E-state index in [1.165, 1.54) is 43.2 Å². The third-order valence-corrected chi connectivity index (χ3v) is 4.88. The number of aryl methyl sites for hydroxylation is 1. The van der Waals surface area contributed by atoms with Crippen molar-refractivity contribution in [2.75, 3.05) is 12.4 Å². The smallest absolute Gasteiger partial charge is 0.242 e. The summed E-state index contributed by atoms with van der Waals surface area (Å²) >= 11 is 0. The van der Waals surface area contributed by atoms with Crippen molar-refractivity contribution in [3.8, 4) is 0 Å². The molecule has 1 heterocycles. The first-order valence-corrected chi connectivity index (χ1v) is 7.77. The standard InChI is InChI=1S/C17H24N2O/c1-12-8-9-13-11-16(17(20)18-15(13)10-12)19(2)14-6-4-3-5-7-14/h8-10,14,16H,3-7,11H2,1-2H3,(H,18,20). The fraction of sp³-hybridized carbons (Fsp3) is 0.588. The van der Waals surface area contributed by atoms with E-state index in [-0.39, 0.29) is 11.9 Å². The molecule has 2 aliphatic rings. The van der Waals surface area contributed by atoms with Gasteiger partial charge in [-0.2, -0.15) is 0 Å². The second kappa shape index (κ2) is 5.57. The van der Waals surface area contributed by atoms with Crippen molar-refractivity contribution in [2.24, 2.45) is 0 Å². The van der Waals surface area contributed by atoms with Crippen molar-refractivity contribution < 1.29 is 4.79 Å². The molecule has 0 bridgehead atoms. The SMILES string of the molecule is Cc1ccc2c(c1)NC(=O)C(N(C)C1CCCCC1)C2. The van der Waals surface area contributed by atoms with E-state index in [0.29, 0.717) is 6.04 Å². The van der Waals surface area contributed by atoms with Crippen LogP contribution in [0.4, 0.5) is 5.69 Å². The molecule has 1 amide bonds. The Balaban J connectivity index is 1.77. The molecule has 1 aliphatic carbocycles. The number of hydrogen-bond donors (Lipinski definition) is 1. The molecule has 20 heavy (non-hydrogen) atoms. The van der Waals surface area contributed by atoms with Gasteiger partial charge < -0.3 is 5.32 Å². The molecule has 3 nitrogen and oxygen atoms in total. The summed E-state index contributed by atoms with van der Waals surface area (Å²) in [6, 6.07) is 6.93. The molecule has 0 aromatic heterocycles. The number of rotatable bonds is 2. The van der Waals surface area contributed by atoms with E-state index in [9.17, 15) is 4.79 Å². The minimum Gasteiger partial charge on any atom is -0.324 e. The zero-order valence-corrected chi connectivity index (χ0v) is 12.5. The van der Waals surface area contributed by atoms with Gasteiger partial charge in [0.15, 0.2) is 0 Å². The van der Waals surface area contributed by atoms with Gasteiger partial charge in [0.25, 0.3) is 0 Å². The number of carbonyl (C=O) groups excluding carboxylic acids is 1. The summed E-state index contributed by atoms with van der Waals surface area (Å²) in [4.78, 5) is 14.7. The molecular formula is C17H24N2O. The number of carbonyl (C=O) groups is 1. The number of benzene rings is 1. The Morgan fingerprint density at radius 2 is 1.95 bits per heavy atom. The normalized spacial score (nSPS) is 23.6. The quantitative estimate of drug-likeness (QED) is 0.897. The van der Waals surface area contributed by atoms with Crippen LogP contribution in [0.3, 0.4) is 0 Å². The second-order valence-corrected chi connectivity index (χ2v) is 6.33. The topological polar surface area (TPSA) is 32.3 Å². The molecule has 1 saturated carbocycles. The monoisotopic (exact) mass is 272 g/mol. The van der Waals surface area contributed by atoms with Gasteiger partial charge in [0.05, 0.1) is 6.04 Å². The summed E-state index contributed by atoms with van der Waals surface area (Å²) < 4.78 is 0. The number of likely N-dealkylation sites (N-methyl/N-ethyl adjacent to an activating group) is 1. The summed E-state index contributed by atoms with van der Waals surface area (Å²) in [5.74, 6) is 0.163. The van der Waals surface area contributed by atoms with E-state index >= 15 is 0 Å². The van der Waals surface area contributed by atoms with Crippen LogP contribution in [0.1, 0.15) is 43.2 Å². The Morgan fingerprint density at radius 3 is 2.70 bits per heavy atom.